The van der Waals surface area contributed by atoms with Gasteiger partial charge >= 0.3 is 6.03 Å². The Bertz CT molecular complexity index is 519. The summed E-state index contributed by atoms with van der Waals surface area (Å²) in [6.07, 6.45) is 3.47. The van der Waals surface area contributed by atoms with Crippen LogP contribution < -0.4 is 16.0 Å². The Hall–Kier alpha value is -2.08. The summed E-state index contributed by atoms with van der Waals surface area (Å²) in [6, 6.07) is 7.19. The van der Waals surface area contributed by atoms with Crippen LogP contribution in [0.1, 0.15) is 25.7 Å². The van der Waals surface area contributed by atoms with Crippen molar-refractivity contribution >= 4 is 23.3 Å². The first-order valence-corrected chi connectivity index (χ1v) is 7.31. The van der Waals surface area contributed by atoms with Gasteiger partial charge in [-0.25, -0.2) is 4.79 Å². The number of ether oxygens (including phenoxy) is 1. The van der Waals surface area contributed by atoms with Crippen molar-refractivity contribution in [2.75, 3.05) is 17.2 Å². The molecule has 1 atom stereocenters. The highest BCUT2D eigenvalue weighted by Gasteiger charge is 2.24. The lowest BCUT2D eigenvalue weighted by Crippen LogP contribution is -2.30. The Morgan fingerprint density at radius 1 is 1.00 bits per heavy atom. The zero-order valence-corrected chi connectivity index (χ0v) is 11.7. The van der Waals surface area contributed by atoms with Gasteiger partial charge in [-0.1, -0.05) is 0 Å². The van der Waals surface area contributed by atoms with E-state index in [4.69, 9.17) is 4.74 Å². The van der Waals surface area contributed by atoms with Gasteiger partial charge < -0.3 is 20.7 Å². The number of amides is 3. The van der Waals surface area contributed by atoms with Crippen LogP contribution in [-0.4, -0.2) is 30.7 Å². The minimum atomic E-state index is -0.341. The van der Waals surface area contributed by atoms with Crippen molar-refractivity contribution in [1.82, 2.24) is 5.32 Å². The molecule has 3 N–H and O–H groups in total. The first-order valence-electron chi connectivity index (χ1n) is 7.31. The molecule has 1 aromatic carbocycles. The monoisotopic (exact) mass is 289 g/mol. The molecule has 6 heteroatoms. The Kier molecular flexibility index (Phi) is 4.06. The van der Waals surface area contributed by atoms with Crippen molar-refractivity contribution in [3.8, 4) is 0 Å². The third-order valence-electron chi connectivity index (χ3n) is 3.54. The number of urea groups is 1. The van der Waals surface area contributed by atoms with Crippen LogP contribution in [-0.2, 0) is 9.53 Å². The highest BCUT2D eigenvalue weighted by Crippen LogP contribution is 2.20. The van der Waals surface area contributed by atoms with Crippen LogP contribution >= 0.6 is 0 Å². The average Bonchev–Trinajstić information content (AvgIpc) is 3.10. The summed E-state index contributed by atoms with van der Waals surface area (Å²) in [4.78, 5) is 23.5. The minimum Gasteiger partial charge on any atom is -0.368 e. The van der Waals surface area contributed by atoms with Gasteiger partial charge in [-0.2, -0.15) is 0 Å². The van der Waals surface area contributed by atoms with Crippen LogP contribution in [0.5, 0.6) is 0 Å². The minimum absolute atomic E-state index is 0.111. The van der Waals surface area contributed by atoms with E-state index in [-0.39, 0.29) is 18.0 Å². The highest BCUT2D eigenvalue weighted by molar-refractivity contribution is 5.95. The number of hydrogen-bond donors (Lipinski definition) is 3. The van der Waals surface area contributed by atoms with E-state index < -0.39 is 0 Å². The molecule has 1 saturated carbocycles. The molecular formula is C15H19N3O3. The molecule has 3 rings (SSSR count). The lowest BCUT2D eigenvalue weighted by molar-refractivity contribution is -0.124. The second-order valence-electron chi connectivity index (χ2n) is 5.44. The molecular weight excluding hydrogens is 270 g/mol. The van der Waals surface area contributed by atoms with Gasteiger partial charge in [0.15, 0.2) is 0 Å². The van der Waals surface area contributed by atoms with E-state index in [2.05, 4.69) is 16.0 Å². The van der Waals surface area contributed by atoms with E-state index in [1.807, 2.05) is 0 Å². The van der Waals surface area contributed by atoms with E-state index in [1.54, 1.807) is 24.3 Å². The molecule has 0 spiro atoms. The molecule has 1 unspecified atom stereocenters. The summed E-state index contributed by atoms with van der Waals surface area (Å²) in [6.45, 7) is 0.650. The maximum absolute atomic E-state index is 11.9. The first-order chi connectivity index (χ1) is 10.2. The fourth-order valence-electron chi connectivity index (χ4n) is 2.22. The quantitative estimate of drug-likeness (QED) is 0.794. The lowest BCUT2D eigenvalue weighted by atomic mass is 10.2. The van der Waals surface area contributed by atoms with Gasteiger partial charge in [-0.3, -0.25) is 4.79 Å². The smallest absolute Gasteiger partial charge is 0.319 e. The number of rotatable bonds is 4. The van der Waals surface area contributed by atoms with Crippen LogP contribution in [0.15, 0.2) is 24.3 Å². The third kappa shape index (κ3) is 3.95. The number of nitrogens with one attached hydrogen (secondary N) is 3. The van der Waals surface area contributed by atoms with E-state index in [9.17, 15) is 9.59 Å². The predicted molar refractivity (Wildman–Crippen MR) is 79.2 cm³/mol. The van der Waals surface area contributed by atoms with E-state index in [0.29, 0.717) is 24.0 Å². The predicted octanol–water partition coefficient (Wildman–Crippen LogP) is 2.09. The Balaban J connectivity index is 1.50. The Morgan fingerprint density at radius 2 is 1.67 bits per heavy atom. The molecule has 0 aromatic heterocycles. The molecule has 2 fully saturated rings. The number of carbonyl (C=O) groups is 2. The summed E-state index contributed by atoms with van der Waals surface area (Å²) >= 11 is 0. The van der Waals surface area contributed by atoms with Gasteiger partial charge in [-0.15, -0.1) is 0 Å². The van der Waals surface area contributed by atoms with Crippen molar-refractivity contribution in [3.63, 3.8) is 0 Å². The maximum atomic E-state index is 11.9. The molecule has 1 aromatic rings. The number of anilines is 2. The van der Waals surface area contributed by atoms with Gasteiger partial charge in [0, 0.05) is 24.0 Å². The van der Waals surface area contributed by atoms with Crippen LogP contribution in [0, 0.1) is 0 Å². The second-order valence-corrected chi connectivity index (χ2v) is 5.44. The van der Waals surface area contributed by atoms with Crippen LogP contribution in [0.25, 0.3) is 0 Å². The molecule has 1 heterocycles. The summed E-state index contributed by atoms with van der Waals surface area (Å²) < 4.78 is 5.33. The van der Waals surface area contributed by atoms with Crippen LogP contribution in [0.2, 0.25) is 0 Å². The van der Waals surface area contributed by atoms with Gasteiger partial charge in [0.2, 0.25) is 0 Å². The molecule has 3 amide bonds. The fraction of sp³-hybridized carbons (Fsp3) is 0.467. The fourth-order valence-corrected chi connectivity index (χ4v) is 2.22. The molecule has 1 saturated heterocycles. The molecule has 21 heavy (non-hydrogen) atoms. The van der Waals surface area contributed by atoms with E-state index in [1.165, 1.54) is 0 Å². The standard InChI is InChI=1S/C15H19N3O3/c19-14(13-2-1-9-21-13)16-10-3-5-11(6-4-10)17-15(20)18-12-7-8-12/h3-6,12-13H,1-2,7-9H2,(H,16,19)(H2,17,18,20). The van der Waals surface area contributed by atoms with Crippen LogP contribution in [0.4, 0.5) is 16.2 Å². The van der Waals surface area contributed by atoms with Crippen molar-refractivity contribution < 1.29 is 14.3 Å². The maximum Gasteiger partial charge on any atom is 0.319 e. The zero-order valence-electron chi connectivity index (χ0n) is 11.7. The van der Waals surface area contributed by atoms with Gasteiger partial charge in [0.25, 0.3) is 5.91 Å². The van der Waals surface area contributed by atoms with Crippen LogP contribution in [0.3, 0.4) is 0 Å². The third-order valence-corrected chi connectivity index (χ3v) is 3.54. The Labute approximate surface area is 123 Å². The van der Waals surface area contributed by atoms with E-state index in [0.717, 1.165) is 25.7 Å². The van der Waals surface area contributed by atoms with Gasteiger partial charge in [0.05, 0.1) is 0 Å². The summed E-state index contributed by atoms with van der Waals surface area (Å²) in [5, 5.41) is 8.43. The topological polar surface area (TPSA) is 79.5 Å². The zero-order chi connectivity index (χ0) is 14.7. The van der Waals surface area contributed by atoms with Crippen molar-refractivity contribution in [3.05, 3.63) is 24.3 Å². The summed E-state index contributed by atoms with van der Waals surface area (Å²) in [7, 11) is 0. The Morgan fingerprint density at radius 3 is 2.24 bits per heavy atom. The summed E-state index contributed by atoms with van der Waals surface area (Å²) in [5.74, 6) is -0.111. The van der Waals surface area contributed by atoms with Gasteiger partial charge in [0.1, 0.15) is 6.10 Å². The summed E-state index contributed by atoms with van der Waals surface area (Å²) in [5.41, 5.74) is 1.40. The molecule has 1 aliphatic heterocycles. The molecule has 112 valence electrons. The number of hydrogen-bond acceptors (Lipinski definition) is 3. The number of benzene rings is 1. The molecule has 0 bridgehead atoms. The molecule has 0 radical (unpaired) electrons. The van der Waals surface area contributed by atoms with Crippen molar-refractivity contribution in [2.45, 2.75) is 37.8 Å². The average molecular weight is 289 g/mol. The van der Waals surface area contributed by atoms with E-state index >= 15 is 0 Å². The van der Waals surface area contributed by atoms with Crippen molar-refractivity contribution in [1.29, 1.82) is 0 Å². The molecule has 2 aliphatic rings. The second kappa shape index (κ2) is 6.13. The lowest BCUT2D eigenvalue weighted by Gasteiger charge is -2.11. The molecule has 6 nitrogen and oxygen atoms in total. The normalized spacial score (nSPS) is 20.9. The molecule has 1 aliphatic carbocycles. The number of carbonyl (C=O) groups excluding carboxylic acids is 2. The largest absolute Gasteiger partial charge is 0.368 e. The highest BCUT2D eigenvalue weighted by atomic mass is 16.5. The SMILES string of the molecule is O=C(Nc1ccc(NC(=O)C2CCCO2)cc1)NC1CC1. The van der Waals surface area contributed by atoms with Gasteiger partial charge in [-0.05, 0) is 49.9 Å². The van der Waals surface area contributed by atoms with Crippen molar-refractivity contribution in [2.24, 2.45) is 0 Å². The first kappa shape index (κ1) is 13.9.